The Morgan fingerprint density at radius 1 is 1.38 bits per heavy atom. The van der Waals surface area contributed by atoms with Crippen LogP contribution in [0.25, 0.3) is 0 Å². The molecule has 2 fully saturated rings. The van der Waals surface area contributed by atoms with E-state index in [-0.39, 0.29) is 28.8 Å². The number of rotatable bonds is 4. The number of hydrogen-bond acceptors (Lipinski definition) is 7. The highest BCUT2D eigenvalue weighted by molar-refractivity contribution is 8.14. The maximum absolute atomic E-state index is 12.4. The van der Waals surface area contributed by atoms with Gasteiger partial charge in [0, 0.05) is 13.1 Å². The fraction of sp³-hybridized carbons (Fsp3) is 0.583. The molecule has 0 aromatic carbocycles. The van der Waals surface area contributed by atoms with Crippen LogP contribution in [0.3, 0.4) is 0 Å². The van der Waals surface area contributed by atoms with Crippen LogP contribution in [0.1, 0.15) is 28.7 Å². The molecule has 0 radical (unpaired) electrons. The van der Waals surface area contributed by atoms with Gasteiger partial charge in [-0.3, -0.25) is 19.3 Å². The first-order valence-corrected chi connectivity index (χ1v) is 8.47. The number of aryl methyl sites for hydroxylation is 1. The summed E-state index contributed by atoms with van der Waals surface area (Å²) in [6.07, 6.45) is 1.64. The van der Waals surface area contributed by atoms with Crippen molar-refractivity contribution >= 4 is 40.3 Å². The van der Waals surface area contributed by atoms with Gasteiger partial charge in [0.25, 0.3) is 11.1 Å². The Hall–Kier alpha value is -1.48. The van der Waals surface area contributed by atoms with Crippen LogP contribution < -0.4 is 0 Å². The Morgan fingerprint density at radius 2 is 2.14 bits per heavy atom. The molecule has 1 aromatic heterocycles. The second-order valence-corrected chi connectivity index (χ2v) is 6.66. The second-order valence-electron chi connectivity index (χ2n) is 4.98. The zero-order chi connectivity index (χ0) is 15.0. The van der Waals surface area contributed by atoms with Gasteiger partial charge in [-0.05, 0) is 18.0 Å². The second kappa shape index (κ2) is 5.72. The maximum atomic E-state index is 12.4. The summed E-state index contributed by atoms with van der Waals surface area (Å²) in [7, 11) is 0. The Morgan fingerprint density at radius 3 is 2.76 bits per heavy atom. The first-order valence-electron chi connectivity index (χ1n) is 6.71. The van der Waals surface area contributed by atoms with Gasteiger partial charge in [0.15, 0.2) is 0 Å². The Kier molecular flexibility index (Phi) is 3.94. The number of likely N-dealkylation sites (tertiary alicyclic amines) is 1. The van der Waals surface area contributed by atoms with E-state index in [4.69, 9.17) is 0 Å². The number of imide groups is 1. The highest BCUT2D eigenvalue weighted by atomic mass is 32.2. The normalized spacial score (nSPS) is 19.3. The van der Waals surface area contributed by atoms with Crippen LogP contribution in [0.5, 0.6) is 0 Å². The average Bonchev–Trinajstić information content (AvgIpc) is 2.98. The molecule has 3 amide bonds. The molecule has 7 nitrogen and oxygen atoms in total. The van der Waals surface area contributed by atoms with E-state index in [1.165, 1.54) is 4.90 Å². The monoisotopic (exact) mass is 326 g/mol. The summed E-state index contributed by atoms with van der Waals surface area (Å²) >= 11 is 2.13. The molecule has 0 atom stereocenters. The Bertz CT molecular complexity index is 581. The Balaban J connectivity index is 1.63. The first-order chi connectivity index (χ1) is 10.1. The molecule has 2 aliphatic rings. The van der Waals surface area contributed by atoms with E-state index < -0.39 is 0 Å². The number of amides is 3. The van der Waals surface area contributed by atoms with Crippen molar-refractivity contribution in [1.29, 1.82) is 0 Å². The van der Waals surface area contributed by atoms with Gasteiger partial charge < -0.3 is 4.90 Å². The largest absolute Gasteiger partial charge is 0.334 e. The minimum absolute atomic E-state index is 0.101. The minimum atomic E-state index is -0.205. The SMILES string of the molecule is CCCc1nnsc1C(=O)N1CC(N2C(=O)CSC2=O)C1. The molecule has 0 bridgehead atoms. The average molecular weight is 326 g/mol. The lowest BCUT2D eigenvalue weighted by Gasteiger charge is -2.42. The van der Waals surface area contributed by atoms with Gasteiger partial charge in [-0.1, -0.05) is 29.6 Å². The lowest BCUT2D eigenvalue weighted by Crippen LogP contribution is -2.62. The molecular formula is C12H14N4O3S2. The molecule has 112 valence electrons. The molecule has 0 unspecified atom stereocenters. The van der Waals surface area contributed by atoms with E-state index in [1.807, 2.05) is 6.92 Å². The van der Waals surface area contributed by atoms with Gasteiger partial charge >= 0.3 is 0 Å². The smallest absolute Gasteiger partial charge is 0.289 e. The van der Waals surface area contributed by atoms with Crippen LogP contribution in [0, 0.1) is 0 Å². The van der Waals surface area contributed by atoms with Crippen LogP contribution in [-0.4, -0.2) is 61.3 Å². The van der Waals surface area contributed by atoms with Crippen molar-refractivity contribution < 1.29 is 14.4 Å². The fourth-order valence-electron chi connectivity index (χ4n) is 2.42. The predicted octanol–water partition coefficient (Wildman–Crippen LogP) is 1.01. The third kappa shape index (κ3) is 2.55. The summed E-state index contributed by atoms with van der Waals surface area (Å²) < 4.78 is 3.85. The van der Waals surface area contributed by atoms with Crippen LogP contribution >= 0.6 is 23.3 Å². The van der Waals surface area contributed by atoms with Crippen molar-refractivity contribution in [3.8, 4) is 0 Å². The van der Waals surface area contributed by atoms with Crippen molar-refractivity contribution in [3.63, 3.8) is 0 Å². The molecule has 3 rings (SSSR count). The summed E-state index contributed by atoms with van der Waals surface area (Å²) in [4.78, 5) is 39.1. The van der Waals surface area contributed by atoms with E-state index in [0.29, 0.717) is 18.0 Å². The molecule has 2 aliphatic heterocycles. The van der Waals surface area contributed by atoms with Crippen molar-refractivity contribution in [2.75, 3.05) is 18.8 Å². The molecule has 0 N–H and O–H groups in total. The molecule has 3 heterocycles. The van der Waals surface area contributed by atoms with Crippen LogP contribution in [0.4, 0.5) is 4.79 Å². The summed E-state index contributed by atoms with van der Waals surface area (Å²) in [5, 5.41) is 3.78. The number of aromatic nitrogens is 2. The fourth-order valence-corrected chi connectivity index (χ4v) is 3.87. The number of carbonyl (C=O) groups excluding carboxylic acids is 3. The van der Waals surface area contributed by atoms with E-state index in [0.717, 1.165) is 41.8 Å². The maximum Gasteiger partial charge on any atom is 0.289 e. The van der Waals surface area contributed by atoms with Crippen molar-refractivity contribution in [1.82, 2.24) is 19.4 Å². The topological polar surface area (TPSA) is 83.5 Å². The summed E-state index contributed by atoms with van der Waals surface area (Å²) in [6, 6.07) is -0.181. The third-order valence-electron chi connectivity index (χ3n) is 3.54. The third-order valence-corrected chi connectivity index (χ3v) is 5.13. The lowest BCUT2D eigenvalue weighted by molar-refractivity contribution is -0.128. The van der Waals surface area contributed by atoms with Gasteiger partial charge in [0.2, 0.25) is 5.91 Å². The van der Waals surface area contributed by atoms with Gasteiger partial charge in [-0.15, -0.1) is 5.10 Å². The molecule has 0 saturated carbocycles. The first kappa shape index (κ1) is 14.5. The quantitative estimate of drug-likeness (QED) is 0.821. The number of hydrogen-bond donors (Lipinski definition) is 0. The summed E-state index contributed by atoms with van der Waals surface area (Å²) in [6.45, 7) is 2.83. The standard InChI is InChI=1S/C12H14N4O3S2/c1-2-3-8-10(21-14-13-8)11(18)15-4-7(5-15)16-9(17)6-20-12(16)19/h7H,2-6H2,1H3. The van der Waals surface area contributed by atoms with Gasteiger partial charge in [0.05, 0.1) is 17.5 Å². The van der Waals surface area contributed by atoms with Gasteiger partial charge in [-0.25, -0.2) is 0 Å². The van der Waals surface area contributed by atoms with E-state index in [1.54, 1.807) is 4.90 Å². The highest BCUT2D eigenvalue weighted by Crippen LogP contribution is 2.27. The molecule has 0 spiro atoms. The van der Waals surface area contributed by atoms with Gasteiger partial charge in [-0.2, -0.15) is 0 Å². The predicted molar refractivity (Wildman–Crippen MR) is 78.3 cm³/mol. The molecule has 0 aliphatic carbocycles. The zero-order valence-corrected chi connectivity index (χ0v) is 13.1. The van der Waals surface area contributed by atoms with Crippen molar-refractivity contribution in [2.24, 2.45) is 0 Å². The molecule has 21 heavy (non-hydrogen) atoms. The molecule has 1 aromatic rings. The van der Waals surface area contributed by atoms with Crippen LogP contribution in [0.2, 0.25) is 0 Å². The van der Waals surface area contributed by atoms with Gasteiger partial charge in [0.1, 0.15) is 4.88 Å². The highest BCUT2D eigenvalue weighted by Gasteiger charge is 2.44. The molecular weight excluding hydrogens is 312 g/mol. The lowest BCUT2D eigenvalue weighted by atomic mass is 10.1. The van der Waals surface area contributed by atoms with E-state index >= 15 is 0 Å². The van der Waals surface area contributed by atoms with E-state index in [9.17, 15) is 14.4 Å². The van der Waals surface area contributed by atoms with E-state index in [2.05, 4.69) is 9.59 Å². The van der Waals surface area contributed by atoms with Crippen molar-refractivity contribution in [2.45, 2.75) is 25.8 Å². The van der Waals surface area contributed by atoms with Crippen LogP contribution in [0.15, 0.2) is 0 Å². The number of nitrogens with zero attached hydrogens (tertiary/aromatic N) is 4. The summed E-state index contributed by atoms with van der Waals surface area (Å²) in [5.41, 5.74) is 0.736. The zero-order valence-electron chi connectivity index (χ0n) is 11.4. The van der Waals surface area contributed by atoms with Crippen LogP contribution in [-0.2, 0) is 11.2 Å². The number of carbonyl (C=O) groups is 3. The Labute approximate surface area is 129 Å². The number of thioether (sulfide) groups is 1. The van der Waals surface area contributed by atoms with Crippen molar-refractivity contribution in [3.05, 3.63) is 10.6 Å². The minimum Gasteiger partial charge on any atom is -0.334 e. The summed E-state index contributed by atoms with van der Waals surface area (Å²) in [5.74, 6) is -0.0486. The molecule has 9 heteroatoms. The molecule has 2 saturated heterocycles.